The van der Waals surface area contributed by atoms with Gasteiger partial charge in [0.15, 0.2) is 0 Å². The van der Waals surface area contributed by atoms with Crippen LogP contribution in [0.25, 0.3) is 6.08 Å². The molecule has 0 fully saturated rings. The highest BCUT2D eigenvalue weighted by atomic mass is 16.3. The van der Waals surface area contributed by atoms with Gasteiger partial charge in [-0.05, 0) is 37.6 Å². The van der Waals surface area contributed by atoms with Gasteiger partial charge in [0, 0.05) is 18.7 Å². The van der Waals surface area contributed by atoms with Crippen molar-refractivity contribution in [2.45, 2.75) is 19.9 Å². The van der Waals surface area contributed by atoms with E-state index in [1.807, 2.05) is 19.9 Å². The first kappa shape index (κ1) is 14.9. The van der Waals surface area contributed by atoms with E-state index in [9.17, 15) is 4.79 Å². The molecule has 1 aromatic rings. The standard InChI is InChI=1S/C15H18N2O2/c1-12(2)17(8-9-18)15(19)7-6-13-4-3-5-14(10-13)11-16/h3-7,10,12,18H,8-9H2,1-2H3/b7-6+. The van der Waals surface area contributed by atoms with Crippen molar-refractivity contribution < 1.29 is 9.90 Å². The number of aliphatic hydroxyl groups excluding tert-OH is 1. The summed E-state index contributed by atoms with van der Waals surface area (Å²) in [6.45, 7) is 4.07. The second-order valence-corrected chi connectivity index (χ2v) is 4.42. The first-order valence-electron chi connectivity index (χ1n) is 6.18. The van der Waals surface area contributed by atoms with Crippen LogP contribution in [0.15, 0.2) is 30.3 Å². The average Bonchev–Trinajstić information content (AvgIpc) is 2.42. The molecule has 0 atom stereocenters. The predicted octanol–water partition coefficient (Wildman–Crippen LogP) is 1.80. The molecule has 0 radical (unpaired) electrons. The fourth-order valence-corrected chi connectivity index (χ4v) is 1.71. The smallest absolute Gasteiger partial charge is 0.246 e. The summed E-state index contributed by atoms with van der Waals surface area (Å²) in [5, 5.41) is 17.7. The number of hydrogen-bond acceptors (Lipinski definition) is 3. The molecule has 0 aliphatic heterocycles. The highest BCUT2D eigenvalue weighted by Crippen LogP contribution is 2.07. The van der Waals surface area contributed by atoms with E-state index in [0.29, 0.717) is 12.1 Å². The SMILES string of the molecule is CC(C)N(CCO)C(=O)/C=C/c1cccc(C#N)c1. The third kappa shape index (κ3) is 4.57. The molecule has 4 nitrogen and oxygen atoms in total. The molecule has 0 aromatic heterocycles. The number of nitriles is 1. The first-order valence-corrected chi connectivity index (χ1v) is 6.18. The van der Waals surface area contributed by atoms with Crippen molar-refractivity contribution in [3.05, 3.63) is 41.5 Å². The monoisotopic (exact) mass is 258 g/mol. The zero-order chi connectivity index (χ0) is 14.3. The number of hydrogen-bond donors (Lipinski definition) is 1. The fraction of sp³-hybridized carbons (Fsp3) is 0.333. The number of benzene rings is 1. The fourth-order valence-electron chi connectivity index (χ4n) is 1.71. The van der Waals surface area contributed by atoms with Gasteiger partial charge in [-0.1, -0.05) is 12.1 Å². The molecule has 1 amide bonds. The lowest BCUT2D eigenvalue weighted by atomic mass is 10.1. The minimum Gasteiger partial charge on any atom is -0.395 e. The Morgan fingerprint density at radius 3 is 2.84 bits per heavy atom. The summed E-state index contributed by atoms with van der Waals surface area (Å²) in [5.74, 6) is -0.147. The number of rotatable bonds is 5. The molecular weight excluding hydrogens is 240 g/mol. The molecule has 0 bridgehead atoms. The Morgan fingerprint density at radius 2 is 2.26 bits per heavy atom. The maximum atomic E-state index is 12.0. The zero-order valence-corrected chi connectivity index (χ0v) is 11.2. The summed E-state index contributed by atoms with van der Waals surface area (Å²) in [5.41, 5.74) is 1.37. The Labute approximate surface area is 113 Å². The van der Waals surface area contributed by atoms with Crippen molar-refractivity contribution in [2.24, 2.45) is 0 Å². The van der Waals surface area contributed by atoms with Crippen molar-refractivity contribution in [3.8, 4) is 6.07 Å². The Bertz CT molecular complexity index is 501. The summed E-state index contributed by atoms with van der Waals surface area (Å²) in [6, 6.07) is 9.13. The molecule has 0 aliphatic carbocycles. The van der Waals surface area contributed by atoms with Gasteiger partial charge >= 0.3 is 0 Å². The van der Waals surface area contributed by atoms with Gasteiger partial charge in [0.1, 0.15) is 0 Å². The van der Waals surface area contributed by atoms with E-state index >= 15 is 0 Å². The van der Waals surface area contributed by atoms with Crippen LogP contribution < -0.4 is 0 Å². The van der Waals surface area contributed by atoms with E-state index in [-0.39, 0.29) is 18.6 Å². The molecule has 0 saturated heterocycles. The summed E-state index contributed by atoms with van der Waals surface area (Å²) >= 11 is 0. The van der Waals surface area contributed by atoms with Gasteiger partial charge in [-0.25, -0.2) is 0 Å². The maximum Gasteiger partial charge on any atom is 0.246 e. The number of nitrogens with zero attached hydrogens (tertiary/aromatic N) is 2. The van der Waals surface area contributed by atoms with Gasteiger partial charge in [0.05, 0.1) is 18.2 Å². The van der Waals surface area contributed by atoms with Crippen LogP contribution in [0.5, 0.6) is 0 Å². The Balaban J connectivity index is 2.79. The number of carbonyl (C=O) groups excluding carboxylic acids is 1. The Morgan fingerprint density at radius 1 is 1.53 bits per heavy atom. The number of amides is 1. The molecule has 1 N–H and O–H groups in total. The molecule has 19 heavy (non-hydrogen) atoms. The van der Waals surface area contributed by atoms with Gasteiger partial charge in [0.2, 0.25) is 5.91 Å². The highest BCUT2D eigenvalue weighted by molar-refractivity contribution is 5.92. The Kier molecular flexibility index (Phi) is 5.77. The van der Waals surface area contributed by atoms with Crippen molar-refractivity contribution in [2.75, 3.05) is 13.2 Å². The van der Waals surface area contributed by atoms with E-state index in [0.717, 1.165) is 5.56 Å². The molecular formula is C15H18N2O2. The third-order valence-electron chi connectivity index (χ3n) is 2.68. The van der Waals surface area contributed by atoms with Gasteiger partial charge in [-0.15, -0.1) is 0 Å². The molecule has 1 rings (SSSR count). The second kappa shape index (κ2) is 7.34. The van der Waals surface area contributed by atoms with E-state index in [2.05, 4.69) is 6.07 Å². The van der Waals surface area contributed by atoms with Gasteiger partial charge < -0.3 is 10.0 Å². The minimum absolute atomic E-state index is 0.0368. The van der Waals surface area contributed by atoms with Gasteiger partial charge in [-0.3, -0.25) is 4.79 Å². The lowest BCUT2D eigenvalue weighted by Crippen LogP contribution is -2.37. The average molecular weight is 258 g/mol. The van der Waals surface area contributed by atoms with Crippen molar-refractivity contribution in [1.82, 2.24) is 4.90 Å². The molecule has 100 valence electrons. The van der Waals surface area contributed by atoms with Crippen LogP contribution >= 0.6 is 0 Å². The first-order chi connectivity index (χ1) is 9.08. The van der Waals surface area contributed by atoms with Crippen molar-refractivity contribution in [1.29, 1.82) is 5.26 Å². The van der Waals surface area contributed by atoms with Crippen LogP contribution in [-0.4, -0.2) is 35.1 Å². The van der Waals surface area contributed by atoms with Crippen LogP contribution in [0.3, 0.4) is 0 Å². The minimum atomic E-state index is -0.147. The third-order valence-corrected chi connectivity index (χ3v) is 2.68. The predicted molar refractivity (Wildman–Crippen MR) is 74.1 cm³/mol. The molecule has 0 unspecified atom stereocenters. The van der Waals surface area contributed by atoms with E-state index in [1.54, 1.807) is 29.2 Å². The highest BCUT2D eigenvalue weighted by Gasteiger charge is 2.13. The van der Waals surface area contributed by atoms with Crippen LogP contribution in [0, 0.1) is 11.3 Å². The van der Waals surface area contributed by atoms with Crippen LogP contribution in [0.4, 0.5) is 0 Å². The zero-order valence-electron chi connectivity index (χ0n) is 11.2. The number of carbonyl (C=O) groups is 1. The molecule has 0 saturated carbocycles. The van der Waals surface area contributed by atoms with Gasteiger partial charge in [0.25, 0.3) is 0 Å². The molecule has 0 heterocycles. The second-order valence-electron chi connectivity index (χ2n) is 4.42. The van der Waals surface area contributed by atoms with E-state index in [1.165, 1.54) is 6.08 Å². The lowest BCUT2D eigenvalue weighted by Gasteiger charge is -2.24. The van der Waals surface area contributed by atoms with E-state index < -0.39 is 0 Å². The normalized spacial score (nSPS) is 10.7. The quantitative estimate of drug-likeness (QED) is 0.819. The largest absolute Gasteiger partial charge is 0.395 e. The van der Waals surface area contributed by atoms with Gasteiger partial charge in [-0.2, -0.15) is 5.26 Å². The summed E-state index contributed by atoms with van der Waals surface area (Å²) in [4.78, 5) is 13.6. The summed E-state index contributed by atoms with van der Waals surface area (Å²) in [6.07, 6.45) is 3.14. The molecule has 4 heteroatoms. The topological polar surface area (TPSA) is 64.3 Å². The van der Waals surface area contributed by atoms with Crippen LogP contribution in [0.2, 0.25) is 0 Å². The summed E-state index contributed by atoms with van der Waals surface area (Å²) < 4.78 is 0. The van der Waals surface area contributed by atoms with Crippen LogP contribution in [-0.2, 0) is 4.79 Å². The van der Waals surface area contributed by atoms with Crippen molar-refractivity contribution in [3.63, 3.8) is 0 Å². The molecule has 0 spiro atoms. The van der Waals surface area contributed by atoms with E-state index in [4.69, 9.17) is 10.4 Å². The van der Waals surface area contributed by atoms with Crippen molar-refractivity contribution >= 4 is 12.0 Å². The van der Waals surface area contributed by atoms with Crippen LogP contribution in [0.1, 0.15) is 25.0 Å². The molecule has 0 aliphatic rings. The summed E-state index contributed by atoms with van der Waals surface area (Å²) in [7, 11) is 0. The maximum absolute atomic E-state index is 12.0. The number of aliphatic hydroxyl groups is 1. The Hall–Kier alpha value is -2.12. The lowest BCUT2D eigenvalue weighted by molar-refractivity contribution is -0.128. The molecule has 1 aromatic carbocycles.